The van der Waals surface area contributed by atoms with Gasteiger partial charge in [0.2, 0.25) is 0 Å². The zero-order chi connectivity index (χ0) is 16.2. The van der Waals surface area contributed by atoms with E-state index in [-0.39, 0.29) is 5.91 Å². The number of rotatable bonds is 2. The Balaban J connectivity index is 1.59. The Labute approximate surface area is 136 Å². The maximum absolute atomic E-state index is 12.5. The highest BCUT2D eigenvalue weighted by Crippen LogP contribution is 2.34. The lowest BCUT2D eigenvalue weighted by Gasteiger charge is -2.24. The van der Waals surface area contributed by atoms with Crippen LogP contribution in [0, 0.1) is 11.3 Å². The first kappa shape index (κ1) is 14.7. The quantitative estimate of drug-likeness (QED) is 0.895. The molecule has 0 radical (unpaired) electrons. The van der Waals surface area contributed by atoms with Crippen LogP contribution in [-0.4, -0.2) is 34.3 Å². The summed E-state index contributed by atoms with van der Waals surface area (Å²) in [4.78, 5) is 12.5. The Morgan fingerprint density at radius 1 is 1.35 bits per heavy atom. The number of nitrogens with one attached hydrogen (secondary N) is 2. The largest absolute Gasteiger partial charge is 0.382 e. The van der Waals surface area contributed by atoms with Gasteiger partial charge in [-0.15, -0.1) is 0 Å². The van der Waals surface area contributed by atoms with Crippen molar-refractivity contribution in [2.75, 3.05) is 11.9 Å². The zero-order valence-electron chi connectivity index (χ0n) is 14.0. The van der Waals surface area contributed by atoms with Gasteiger partial charge < -0.3 is 10.6 Å². The van der Waals surface area contributed by atoms with Crippen molar-refractivity contribution in [2.24, 2.45) is 11.3 Å². The van der Waals surface area contributed by atoms with Crippen LogP contribution in [0.15, 0.2) is 24.4 Å². The second kappa shape index (κ2) is 5.06. The van der Waals surface area contributed by atoms with Crippen molar-refractivity contribution < 1.29 is 4.79 Å². The number of fused-ring (bicyclic) bond motifs is 3. The van der Waals surface area contributed by atoms with Gasteiger partial charge >= 0.3 is 0 Å². The fourth-order valence-electron chi connectivity index (χ4n) is 3.83. The van der Waals surface area contributed by atoms with E-state index in [9.17, 15) is 4.79 Å². The molecule has 2 aliphatic rings. The van der Waals surface area contributed by atoms with E-state index in [1.165, 1.54) is 17.5 Å². The first-order valence-corrected chi connectivity index (χ1v) is 8.44. The zero-order valence-corrected chi connectivity index (χ0v) is 14.0. The predicted octanol–water partition coefficient (Wildman–Crippen LogP) is 2.88. The van der Waals surface area contributed by atoms with Crippen LogP contribution in [-0.2, 0) is 0 Å². The van der Waals surface area contributed by atoms with E-state index < -0.39 is 5.41 Å². The molecule has 3 atom stereocenters. The first-order valence-electron chi connectivity index (χ1n) is 8.44. The normalized spacial score (nSPS) is 26.8. The predicted molar refractivity (Wildman–Crippen MR) is 91.7 cm³/mol. The number of hydrogen-bond acceptors (Lipinski definition) is 4. The van der Waals surface area contributed by atoms with E-state index in [4.69, 9.17) is 0 Å². The summed E-state index contributed by atoms with van der Waals surface area (Å²) >= 11 is 0. The van der Waals surface area contributed by atoms with E-state index >= 15 is 0 Å². The summed E-state index contributed by atoms with van der Waals surface area (Å²) in [5.74, 6) is 0.758. The molecule has 1 saturated carbocycles. The van der Waals surface area contributed by atoms with Crippen molar-refractivity contribution in [1.82, 2.24) is 15.1 Å². The molecule has 2 bridgehead atoms. The molecule has 5 nitrogen and oxygen atoms in total. The molecule has 2 heterocycles. The monoisotopic (exact) mass is 312 g/mol. The number of nitrogens with zero attached hydrogens (tertiary/aromatic N) is 2. The summed E-state index contributed by atoms with van der Waals surface area (Å²) in [6.07, 6.45) is 4.27. The van der Waals surface area contributed by atoms with Gasteiger partial charge in [-0.05, 0) is 37.0 Å². The van der Waals surface area contributed by atoms with Gasteiger partial charge in [0, 0.05) is 35.1 Å². The van der Waals surface area contributed by atoms with Crippen molar-refractivity contribution in [1.29, 1.82) is 0 Å². The molecule has 122 valence electrons. The third-order valence-electron chi connectivity index (χ3n) is 5.12. The third kappa shape index (κ3) is 2.53. The minimum absolute atomic E-state index is 0.0207. The van der Waals surface area contributed by atoms with Crippen LogP contribution < -0.4 is 10.6 Å². The standard InChI is InChI=1S/C18H24N4O/c1-18(2,3)17(23)22-16-5-4-13(7-12(16)10-20-22)21-15-8-14-6-11(15)9-19-14/h4-5,7,10-11,14-15,19,21H,6,8-9H2,1-3H3. The van der Waals surface area contributed by atoms with Crippen LogP contribution in [0.4, 0.5) is 5.69 Å². The first-order chi connectivity index (χ1) is 10.9. The number of benzene rings is 1. The molecular weight excluding hydrogens is 288 g/mol. The maximum Gasteiger partial charge on any atom is 0.252 e. The lowest BCUT2D eigenvalue weighted by atomic mass is 9.96. The second-order valence-corrected chi connectivity index (χ2v) is 7.97. The van der Waals surface area contributed by atoms with Crippen LogP contribution >= 0.6 is 0 Å². The second-order valence-electron chi connectivity index (χ2n) is 7.97. The highest BCUT2D eigenvalue weighted by atomic mass is 16.2. The number of carbonyl (C=O) groups is 1. The summed E-state index contributed by atoms with van der Waals surface area (Å²) in [5, 5.41) is 12.5. The smallest absolute Gasteiger partial charge is 0.252 e. The molecule has 1 aromatic heterocycles. The third-order valence-corrected chi connectivity index (χ3v) is 5.12. The molecule has 2 N–H and O–H groups in total. The van der Waals surface area contributed by atoms with Crippen molar-refractivity contribution >= 4 is 22.5 Å². The van der Waals surface area contributed by atoms with Gasteiger partial charge in [0.05, 0.1) is 11.7 Å². The molecule has 5 heteroatoms. The highest BCUT2D eigenvalue weighted by Gasteiger charge is 2.39. The number of anilines is 1. The Bertz CT molecular complexity index is 758. The van der Waals surface area contributed by atoms with Crippen LogP contribution in [0.1, 0.15) is 38.4 Å². The fraction of sp³-hybridized carbons (Fsp3) is 0.556. The van der Waals surface area contributed by atoms with E-state index in [0.29, 0.717) is 12.1 Å². The molecule has 1 aromatic carbocycles. The van der Waals surface area contributed by atoms with Gasteiger partial charge in [-0.1, -0.05) is 20.8 Å². The fourth-order valence-corrected chi connectivity index (χ4v) is 3.83. The Kier molecular flexibility index (Phi) is 3.23. The topological polar surface area (TPSA) is 59.0 Å². The Hall–Kier alpha value is -1.88. The van der Waals surface area contributed by atoms with E-state index in [1.54, 1.807) is 6.20 Å². The van der Waals surface area contributed by atoms with E-state index in [0.717, 1.165) is 29.1 Å². The molecular formula is C18H24N4O. The number of aromatic nitrogens is 2. The van der Waals surface area contributed by atoms with Crippen LogP contribution in [0.25, 0.3) is 10.9 Å². The number of carbonyl (C=O) groups excluding carboxylic acids is 1. The Morgan fingerprint density at radius 3 is 2.83 bits per heavy atom. The lowest BCUT2D eigenvalue weighted by Crippen LogP contribution is -2.36. The molecule has 1 aliphatic carbocycles. The van der Waals surface area contributed by atoms with Crippen LogP contribution in [0.5, 0.6) is 0 Å². The summed E-state index contributed by atoms with van der Waals surface area (Å²) < 4.78 is 1.53. The number of piperidine rings is 1. The summed E-state index contributed by atoms with van der Waals surface area (Å²) in [7, 11) is 0. The van der Waals surface area contributed by atoms with Gasteiger partial charge in [-0.2, -0.15) is 9.78 Å². The average molecular weight is 312 g/mol. The van der Waals surface area contributed by atoms with Crippen molar-refractivity contribution in [2.45, 2.75) is 45.7 Å². The van der Waals surface area contributed by atoms with Gasteiger partial charge in [-0.25, -0.2) is 0 Å². The van der Waals surface area contributed by atoms with Crippen molar-refractivity contribution in [3.63, 3.8) is 0 Å². The van der Waals surface area contributed by atoms with Gasteiger partial charge in [0.25, 0.3) is 5.91 Å². The minimum atomic E-state index is -0.439. The molecule has 2 fully saturated rings. The molecule has 1 aliphatic heterocycles. The SMILES string of the molecule is CC(C)(C)C(=O)n1ncc2cc(NC3CC4CC3CN4)ccc21. The van der Waals surface area contributed by atoms with Crippen LogP contribution in [0.3, 0.4) is 0 Å². The molecule has 3 unspecified atom stereocenters. The molecule has 2 aromatic rings. The highest BCUT2D eigenvalue weighted by molar-refractivity contribution is 5.94. The van der Waals surface area contributed by atoms with Crippen molar-refractivity contribution in [3.05, 3.63) is 24.4 Å². The summed E-state index contributed by atoms with van der Waals surface area (Å²) in [5.41, 5.74) is 1.56. The number of hydrogen-bond donors (Lipinski definition) is 2. The minimum Gasteiger partial charge on any atom is -0.382 e. The molecule has 0 spiro atoms. The summed E-state index contributed by atoms with van der Waals surface area (Å²) in [6.45, 7) is 6.88. The van der Waals surface area contributed by atoms with Gasteiger partial charge in [-0.3, -0.25) is 4.79 Å². The van der Waals surface area contributed by atoms with Gasteiger partial charge in [0.1, 0.15) is 0 Å². The maximum atomic E-state index is 12.5. The summed E-state index contributed by atoms with van der Waals surface area (Å²) in [6, 6.07) is 7.42. The van der Waals surface area contributed by atoms with Crippen molar-refractivity contribution in [3.8, 4) is 0 Å². The molecule has 4 rings (SSSR count). The van der Waals surface area contributed by atoms with E-state index in [2.05, 4.69) is 27.9 Å². The Morgan fingerprint density at radius 2 is 2.17 bits per heavy atom. The molecule has 0 amide bonds. The molecule has 23 heavy (non-hydrogen) atoms. The average Bonchev–Trinajstić information content (AvgIpc) is 3.19. The molecule has 1 saturated heterocycles. The van der Waals surface area contributed by atoms with E-state index in [1.807, 2.05) is 26.8 Å². The lowest BCUT2D eigenvalue weighted by molar-refractivity contribution is 0.0755. The van der Waals surface area contributed by atoms with Gasteiger partial charge in [0.15, 0.2) is 0 Å². The van der Waals surface area contributed by atoms with Crippen LogP contribution in [0.2, 0.25) is 0 Å².